The molecule has 1 aliphatic heterocycles. The number of nitrogens with one attached hydrogen (secondary N) is 2. The van der Waals surface area contributed by atoms with Gasteiger partial charge in [0.25, 0.3) is 0 Å². The molecule has 1 saturated carbocycles. The highest BCUT2D eigenvalue weighted by molar-refractivity contribution is 6.29. The van der Waals surface area contributed by atoms with Crippen LogP contribution in [0.15, 0.2) is 12.3 Å². The Labute approximate surface area is 261 Å². The molecule has 1 amide bonds. The molecule has 12 nitrogen and oxygen atoms in total. The number of likely N-dealkylation sites (N-methyl/N-ethyl adjacent to an activating group) is 2. The smallest absolute Gasteiger partial charge is 0.410 e. The van der Waals surface area contributed by atoms with Crippen LogP contribution in [-0.2, 0) is 17.8 Å². The van der Waals surface area contributed by atoms with Crippen LogP contribution in [0, 0.1) is 0 Å². The molecule has 0 radical (unpaired) electrons. The standard InChI is InChI=1S/C30H51ClN10O2/c1-30(2,3)43-29(42)40-16-12-23(13-17-40)33-27-20-26(31)34-28(35-27)32-21-24-22-41(37-36-24)15-9-14-38(4)18-19-39(5)25-10-7-6-8-11-25/h20,22-23,25H,6-19,21H2,1-5H3,(H2,32,33,34,35). The predicted octanol–water partition coefficient (Wildman–Crippen LogP) is 4.73. The van der Waals surface area contributed by atoms with E-state index in [9.17, 15) is 4.79 Å². The van der Waals surface area contributed by atoms with Crippen LogP contribution in [0.5, 0.6) is 0 Å². The molecule has 0 spiro atoms. The maximum absolute atomic E-state index is 12.4. The molecule has 3 heterocycles. The van der Waals surface area contributed by atoms with Gasteiger partial charge in [-0.3, -0.25) is 4.68 Å². The number of piperidine rings is 1. The van der Waals surface area contributed by atoms with Gasteiger partial charge >= 0.3 is 6.09 Å². The summed E-state index contributed by atoms with van der Waals surface area (Å²) in [5.41, 5.74) is 0.318. The molecular weight excluding hydrogens is 568 g/mol. The van der Waals surface area contributed by atoms with Crippen molar-refractivity contribution in [2.45, 2.75) is 103 Å². The van der Waals surface area contributed by atoms with Crippen molar-refractivity contribution in [1.82, 2.24) is 39.7 Å². The fourth-order valence-corrected chi connectivity index (χ4v) is 5.84. The first-order valence-corrected chi connectivity index (χ1v) is 16.2. The molecule has 1 saturated heterocycles. The predicted molar refractivity (Wildman–Crippen MR) is 170 cm³/mol. The molecule has 2 fully saturated rings. The average molecular weight is 619 g/mol. The van der Waals surface area contributed by atoms with E-state index < -0.39 is 5.60 Å². The number of aryl methyl sites for hydroxylation is 1. The summed E-state index contributed by atoms with van der Waals surface area (Å²) in [6.07, 6.45) is 11.2. The lowest BCUT2D eigenvalue weighted by atomic mass is 9.94. The molecule has 1 aliphatic carbocycles. The number of aromatic nitrogens is 5. The molecule has 43 heavy (non-hydrogen) atoms. The third kappa shape index (κ3) is 11.4. The Balaban J connectivity index is 1.15. The first kappa shape index (κ1) is 33.2. The van der Waals surface area contributed by atoms with Crippen LogP contribution in [0.1, 0.15) is 77.8 Å². The molecule has 2 aromatic rings. The zero-order chi connectivity index (χ0) is 30.8. The number of anilines is 2. The van der Waals surface area contributed by atoms with Gasteiger partial charge in [-0.1, -0.05) is 36.1 Å². The molecule has 0 bridgehead atoms. The van der Waals surface area contributed by atoms with Crippen molar-refractivity contribution in [2.75, 3.05) is 57.5 Å². The molecule has 2 aliphatic rings. The SMILES string of the molecule is CN(CCCn1cc(CNc2nc(Cl)cc(NC3CCN(C(=O)OC(C)(C)C)CC3)n2)nn1)CCN(C)C1CCCCC1. The van der Waals surface area contributed by atoms with E-state index in [1.165, 1.54) is 32.1 Å². The van der Waals surface area contributed by atoms with Crippen molar-refractivity contribution in [3.8, 4) is 0 Å². The van der Waals surface area contributed by atoms with Gasteiger partial charge < -0.3 is 30.1 Å². The Morgan fingerprint density at radius 2 is 1.81 bits per heavy atom. The maximum Gasteiger partial charge on any atom is 0.410 e. The number of rotatable bonds is 13. The minimum Gasteiger partial charge on any atom is -0.444 e. The van der Waals surface area contributed by atoms with E-state index >= 15 is 0 Å². The molecule has 4 rings (SSSR count). The zero-order valence-corrected chi connectivity index (χ0v) is 27.4. The van der Waals surface area contributed by atoms with E-state index in [-0.39, 0.29) is 12.1 Å². The normalized spacial score (nSPS) is 17.1. The number of hydrogen-bond donors (Lipinski definition) is 2. The van der Waals surface area contributed by atoms with Crippen molar-refractivity contribution in [2.24, 2.45) is 0 Å². The summed E-state index contributed by atoms with van der Waals surface area (Å²) >= 11 is 6.30. The lowest BCUT2D eigenvalue weighted by Gasteiger charge is -2.33. The molecule has 0 atom stereocenters. The van der Waals surface area contributed by atoms with Crippen LogP contribution in [0.2, 0.25) is 5.15 Å². The lowest BCUT2D eigenvalue weighted by Crippen LogP contribution is -2.44. The van der Waals surface area contributed by atoms with Crippen LogP contribution in [-0.4, -0.2) is 110 Å². The van der Waals surface area contributed by atoms with Gasteiger partial charge in [0, 0.05) is 50.9 Å². The topological polar surface area (TPSA) is 117 Å². The second-order valence-electron chi connectivity index (χ2n) is 13.0. The van der Waals surface area contributed by atoms with Crippen molar-refractivity contribution in [1.29, 1.82) is 0 Å². The number of carbonyl (C=O) groups excluding carboxylic acids is 1. The summed E-state index contributed by atoms with van der Waals surface area (Å²) in [5, 5.41) is 15.6. The van der Waals surface area contributed by atoms with E-state index in [4.69, 9.17) is 16.3 Å². The molecular formula is C30H51ClN10O2. The van der Waals surface area contributed by atoms with E-state index in [0.29, 0.717) is 36.6 Å². The average Bonchev–Trinajstić information content (AvgIpc) is 3.42. The Bertz CT molecular complexity index is 1140. The summed E-state index contributed by atoms with van der Waals surface area (Å²) in [5.74, 6) is 1.08. The van der Waals surface area contributed by atoms with Crippen LogP contribution in [0.25, 0.3) is 0 Å². The monoisotopic (exact) mass is 618 g/mol. The largest absolute Gasteiger partial charge is 0.444 e. The second-order valence-corrected chi connectivity index (χ2v) is 13.4. The number of nitrogens with zero attached hydrogens (tertiary/aromatic N) is 8. The number of amides is 1. The summed E-state index contributed by atoms with van der Waals surface area (Å²) < 4.78 is 7.39. The number of ether oxygens (including phenoxy) is 1. The van der Waals surface area contributed by atoms with E-state index in [2.05, 4.69) is 54.8 Å². The van der Waals surface area contributed by atoms with E-state index in [1.807, 2.05) is 31.6 Å². The van der Waals surface area contributed by atoms with Crippen molar-refractivity contribution in [3.05, 3.63) is 23.1 Å². The van der Waals surface area contributed by atoms with Crippen LogP contribution in [0.3, 0.4) is 0 Å². The highest BCUT2D eigenvalue weighted by atomic mass is 35.5. The number of likely N-dealkylation sites (tertiary alicyclic amines) is 1. The van der Waals surface area contributed by atoms with Crippen LogP contribution >= 0.6 is 11.6 Å². The van der Waals surface area contributed by atoms with Gasteiger partial charge in [-0.05, 0) is 73.5 Å². The maximum atomic E-state index is 12.4. The van der Waals surface area contributed by atoms with E-state index in [1.54, 1.807) is 11.0 Å². The highest BCUT2D eigenvalue weighted by Crippen LogP contribution is 2.22. The quantitative estimate of drug-likeness (QED) is 0.305. The van der Waals surface area contributed by atoms with Gasteiger partial charge in [0.1, 0.15) is 22.3 Å². The molecule has 13 heteroatoms. The fourth-order valence-electron chi connectivity index (χ4n) is 5.66. The minimum atomic E-state index is -0.497. The van der Waals surface area contributed by atoms with Gasteiger partial charge in [0.15, 0.2) is 0 Å². The Hall–Kier alpha value is -2.70. The third-order valence-electron chi connectivity index (χ3n) is 8.17. The molecule has 0 aromatic carbocycles. The summed E-state index contributed by atoms with van der Waals surface area (Å²) in [4.78, 5) is 28.0. The van der Waals surface area contributed by atoms with Gasteiger partial charge in [-0.2, -0.15) is 4.98 Å². The fraction of sp³-hybridized carbons (Fsp3) is 0.767. The number of halogens is 1. The minimum absolute atomic E-state index is 0.175. The number of hydrogen-bond acceptors (Lipinski definition) is 10. The van der Waals surface area contributed by atoms with Crippen LogP contribution < -0.4 is 10.6 Å². The Morgan fingerprint density at radius 1 is 1.07 bits per heavy atom. The van der Waals surface area contributed by atoms with Gasteiger partial charge in [-0.25, -0.2) is 9.78 Å². The van der Waals surface area contributed by atoms with Gasteiger partial charge in [-0.15, -0.1) is 5.10 Å². The number of carbonyl (C=O) groups is 1. The summed E-state index contributed by atoms with van der Waals surface area (Å²) in [6.45, 7) is 11.4. The summed E-state index contributed by atoms with van der Waals surface area (Å²) in [6, 6.07) is 2.66. The Morgan fingerprint density at radius 3 is 2.53 bits per heavy atom. The zero-order valence-electron chi connectivity index (χ0n) is 26.7. The molecule has 0 unspecified atom stereocenters. The van der Waals surface area contributed by atoms with Gasteiger partial charge in [0.2, 0.25) is 5.95 Å². The van der Waals surface area contributed by atoms with Crippen molar-refractivity contribution >= 4 is 29.5 Å². The van der Waals surface area contributed by atoms with Crippen molar-refractivity contribution < 1.29 is 9.53 Å². The molecule has 2 N–H and O–H groups in total. The molecule has 240 valence electrons. The second kappa shape index (κ2) is 15.9. The molecule has 2 aromatic heterocycles. The first-order chi connectivity index (χ1) is 20.5. The van der Waals surface area contributed by atoms with Crippen LogP contribution in [0.4, 0.5) is 16.6 Å². The highest BCUT2D eigenvalue weighted by Gasteiger charge is 2.27. The first-order valence-electron chi connectivity index (χ1n) is 15.8. The summed E-state index contributed by atoms with van der Waals surface area (Å²) in [7, 11) is 4.48. The van der Waals surface area contributed by atoms with Crippen molar-refractivity contribution in [3.63, 3.8) is 0 Å². The Kier molecular flexibility index (Phi) is 12.2. The third-order valence-corrected chi connectivity index (χ3v) is 8.36. The van der Waals surface area contributed by atoms with E-state index in [0.717, 1.165) is 57.2 Å². The lowest BCUT2D eigenvalue weighted by molar-refractivity contribution is 0.0210. The van der Waals surface area contributed by atoms with Gasteiger partial charge in [0.05, 0.1) is 12.7 Å².